The summed E-state index contributed by atoms with van der Waals surface area (Å²) in [5, 5.41) is 3.96. The maximum atomic E-state index is 13.1. The zero-order valence-corrected chi connectivity index (χ0v) is 12.5. The molecule has 0 saturated heterocycles. The fraction of sp³-hybridized carbons (Fsp3) is 0.500. The van der Waals surface area contributed by atoms with Gasteiger partial charge in [-0.1, -0.05) is 24.6 Å². The van der Waals surface area contributed by atoms with Crippen LogP contribution in [-0.4, -0.2) is 19.2 Å². The van der Waals surface area contributed by atoms with Crippen LogP contribution in [0.3, 0.4) is 0 Å². The first-order valence-corrected chi connectivity index (χ1v) is 7.58. The molecule has 0 spiro atoms. The number of hydrogen-bond acceptors (Lipinski definition) is 2. The molecule has 0 aromatic heterocycles. The lowest BCUT2D eigenvalue weighted by Crippen LogP contribution is -2.35. The van der Waals surface area contributed by atoms with Crippen LogP contribution in [0.2, 0.25) is 5.02 Å². The van der Waals surface area contributed by atoms with Gasteiger partial charge in [-0.05, 0) is 56.0 Å². The van der Waals surface area contributed by atoms with Gasteiger partial charge >= 0.3 is 0 Å². The van der Waals surface area contributed by atoms with Gasteiger partial charge in [0.2, 0.25) is 0 Å². The Morgan fingerprint density at radius 1 is 1.45 bits per heavy atom. The first kappa shape index (κ1) is 15.3. The topological polar surface area (TPSA) is 21.3 Å². The molecule has 1 aromatic carbocycles. The molecular formula is C16H21ClFNO. The molecule has 2 rings (SSSR count). The molecule has 1 atom stereocenters. The molecule has 1 aliphatic heterocycles. The summed E-state index contributed by atoms with van der Waals surface area (Å²) >= 11 is 6.12. The summed E-state index contributed by atoms with van der Waals surface area (Å²) < 4.78 is 18.9. The van der Waals surface area contributed by atoms with Crippen molar-refractivity contribution < 1.29 is 9.13 Å². The van der Waals surface area contributed by atoms with E-state index in [1.54, 1.807) is 6.07 Å². The van der Waals surface area contributed by atoms with Gasteiger partial charge in [0.15, 0.2) is 0 Å². The standard InChI is InChI=1S/C16H21ClFNO/c1-2-8-19-15(16-5-3-4-9-20-16)10-12-6-7-13(18)11-14(12)17/h5-7,11,15,19H,2-4,8-10H2,1H3. The van der Waals surface area contributed by atoms with Crippen LogP contribution in [-0.2, 0) is 11.2 Å². The molecular weight excluding hydrogens is 277 g/mol. The van der Waals surface area contributed by atoms with Crippen LogP contribution >= 0.6 is 11.6 Å². The number of benzene rings is 1. The highest BCUT2D eigenvalue weighted by atomic mass is 35.5. The molecule has 0 aliphatic carbocycles. The Hall–Kier alpha value is -1.06. The van der Waals surface area contributed by atoms with Gasteiger partial charge in [-0.2, -0.15) is 0 Å². The van der Waals surface area contributed by atoms with Gasteiger partial charge in [0.05, 0.1) is 12.6 Å². The number of allylic oxidation sites excluding steroid dienone is 1. The molecule has 1 heterocycles. The number of nitrogens with one attached hydrogen (secondary N) is 1. The van der Waals surface area contributed by atoms with E-state index < -0.39 is 0 Å². The smallest absolute Gasteiger partial charge is 0.124 e. The molecule has 1 aromatic rings. The van der Waals surface area contributed by atoms with E-state index in [4.69, 9.17) is 16.3 Å². The normalized spacial score (nSPS) is 16.4. The summed E-state index contributed by atoms with van der Waals surface area (Å²) in [4.78, 5) is 0. The lowest BCUT2D eigenvalue weighted by Gasteiger charge is -2.25. The van der Waals surface area contributed by atoms with Crippen molar-refractivity contribution in [2.75, 3.05) is 13.2 Å². The number of halogens is 2. The van der Waals surface area contributed by atoms with Crippen LogP contribution in [0.25, 0.3) is 0 Å². The first-order valence-electron chi connectivity index (χ1n) is 7.21. The van der Waals surface area contributed by atoms with Gasteiger partial charge in [-0.3, -0.25) is 0 Å². The molecule has 0 fully saturated rings. The minimum absolute atomic E-state index is 0.109. The lowest BCUT2D eigenvalue weighted by molar-refractivity contribution is 0.167. The Morgan fingerprint density at radius 3 is 2.95 bits per heavy atom. The van der Waals surface area contributed by atoms with Gasteiger partial charge < -0.3 is 10.1 Å². The van der Waals surface area contributed by atoms with Crippen molar-refractivity contribution in [1.29, 1.82) is 0 Å². The summed E-state index contributed by atoms with van der Waals surface area (Å²) in [7, 11) is 0. The van der Waals surface area contributed by atoms with E-state index >= 15 is 0 Å². The maximum absolute atomic E-state index is 13.1. The summed E-state index contributed by atoms with van der Waals surface area (Å²) in [6.45, 7) is 3.82. The van der Waals surface area contributed by atoms with Crippen molar-refractivity contribution in [2.45, 2.75) is 38.6 Å². The van der Waals surface area contributed by atoms with Crippen LogP contribution in [0.4, 0.5) is 4.39 Å². The average Bonchev–Trinajstić information content (AvgIpc) is 2.46. The number of ether oxygens (including phenoxy) is 1. The molecule has 110 valence electrons. The molecule has 0 radical (unpaired) electrons. The van der Waals surface area contributed by atoms with E-state index in [9.17, 15) is 4.39 Å². The van der Waals surface area contributed by atoms with E-state index in [0.29, 0.717) is 11.4 Å². The van der Waals surface area contributed by atoms with E-state index in [0.717, 1.165) is 43.7 Å². The van der Waals surface area contributed by atoms with Crippen molar-refractivity contribution in [3.05, 3.63) is 46.4 Å². The van der Waals surface area contributed by atoms with Crippen molar-refractivity contribution >= 4 is 11.6 Å². The summed E-state index contributed by atoms with van der Waals surface area (Å²) in [6, 6.07) is 4.68. The van der Waals surface area contributed by atoms with Crippen LogP contribution in [0, 0.1) is 5.82 Å². The Kier molecular flexibility index (Phi) is 5.86. The van der Waals surface area contributed by atoms with Crippen LogP contribution in [0.15, 0.2) is 30.0 Å². The van der Waals surface area contributed by atoms with Crippen LogP contribution < -0.4 is 5.32 Å². The Bertz CT molecular complexity index is 476. The SMILES string of the molecule is CCCNC(Cc1ccc(F)cc1Cl)C1=CCCCO1. The monoisotopic (exact) mass is 297 g/mol. The molecule has 20 heavy (non-hydrogen) atoms. The second kappa shape index (κ2) is 7.65. The van der Waals surface area contributed by atoms with Crippen molar-refractivity contribution in [2.24, 2.45) is 0 Å². The Balaban J connectivity index is 2.12. The molecule has 1 N–H and O–H groups in total. The minimum Gasteiger partial charge on any atom is -0.497 e. The molecule has 2 nitrogen and oxygen atoms in total. The number of rotatable bonds is 6. The van der Waals surface area contributed by atoms with Gasteiger partial charge in [0, 0.05) is 5.02 Å². The second-order valence-electron chi connectivity index (χ2n) is 5.04. The predicted octanol–water partition coefficient (Wildman–Crippen LogP) is 4.08. The second-order valence-corrected chi connectivity index (χ2v) is 5.45. The zero-order chi connectivity index (χ0) is 14.4. The Morgan fingerprint density at radius 2 is 2.30 bits per heavy atom. The fourth-order valence-electron chi connectivity index (χ4n) is 2.32. The predicted molar refractivity (Wildman–Crippen MR) is 80.5 cm³/mol. The molecule has 0 bridgehead atoms. The quantitative estimate of drug-likeness (QED) is 0.854. The summed E-state index contributed by atoms with van der Waals surface area (Å²) in [5.41, 5.74) is 0.941. The molecule has 1 aliphatic rings. The minimum atomic E-state index is -0.301. The highest BCUT2D eigenvalue weighted by Crippen LogP contribution is 2.22. The van der Waals surface area contributed by atoms with Gasteiger partial charge in [0.25, 0.3) is 0 Å². The number of hydrogen-bond donors (Lipinski definition) is 1. The summed E-state index contributed by atoms with van der Waals surface area (Å²) in [6.07, 6.45) is 6.04. The van der Waals surface area contributed by atoms with Crippen LogP contribution in [0.1, 0.15) is 31.7 Å². The Labute approximate surface area is 125 Å². The maximum Gasteiger partial charge on any atom is 0.124 e. The average molecular weight is 298 g/mol. The fourth-order valence-corrected chi connectivity index (χ4v) is 2.56. The van der Waals surface area contributed by atoms with Crippen molar-refractivity contribution in [3.8, 4) is 0 Å². The third-order valence-electron chi connectivity index (χ3n) is 3.39. The highest BCUT2D eigenvalue weighted by molar-refractivity contribution is 6.31. The first-order chi connectivity index (χ1) is 9.70. The van der Waals surface area contributed by atoms with Gasteiger partial charge in [-0.15, -0.1) is 0 Å². The molecule has 0 saturated carbocycles. The van der Waals surface area contributed by atoms with E-state index in [2.05, 4.69) is 18.3 Å². The molecule has 0 amide bonds. The lowest BCUT2D eigenvalue weighted by atomic mass is 10.0. The summed E-state index contributed by atoms with van der Waals surface area (Å²) in [5.74, 6) is 0.690. The highest BCUT2D eigenvalue weighted by Gasteiger charge is 2.19. The zero-order valence-electron chi connectivity index (χ0n) is 11.8. The molecule has 1 unspecified atom stereocenters. The van der Waals surface area contributed by atoms with E-state index in [1.165, 1.54) is 12.1 Å². The van der Waals surface area contributed by atoms with Gasteiger partial charge in [0.1, 0.15) is 11.6 Å². The van der Waals surface area contributed by atoms with E-state index in [1.807, 2.05) is 0 Å². The van der Waals surface area contributed by atoms with Gasteiger partial charge in [-0.25, -0.2) is 4.39 Å². The third kappa shape index (κ3) is 4.22. The largest absolute Gasteiger partial charge is 0.497 e. The van der Waals surface area contributed by atoms with E-state index in [-0.39, 0.29) is 11.9 Å². The van der Waals surface area contributed by atoms with Crippen molar-refractivity contribution in [1.82, 2.24) is 5.32 Å². The van der Waals surface area contributed by atoms with Crippen LogP contribution in [0.5, 0.6) is 0 Å². The van der Waals surface area contributed by atoms with Crippen molar-refractivity contribution in [3.63, 3.8) is 0 Å². The molecule has 4 heteroatoms. The third-order valence-corrected chi connectivity index (χ3v) is 3.74.